The molecular formula is C8H14N2O2. The summed E-state index contributed by atoms with van der Waals surface area (Å²) in [7, 11) is 0. The summed E-state index contributed by atoms with van der Waals surface area (Å²) in [5.74, 6) is -0.493. The van der Waals surface area contributed by atoms with Crippen LogP contribution in [0.1, 0.15) is 20.3 Å². The van der Waals surface area contributed by atoms with Crippen LogP contribution in [0.2, 0.25) is 0 Å². The lowest BCUT2D eigenvalue weighted by atomic mass is 10.0. The number of hydrogen-bond acceptors (Lipinski definition) is 2. The Morgan fingerprint density at radius 3 is 2.58 bits per heavy atom. The maximum atomic E-state index is 10.9. The van der Waals surface area contributed by atoms with Gasteiger partial charge in [-0.05, 0) is 12.3 Å². The third kappa shape index (κ3) is 2.22. The molecule has 1 atom stereocenters. The van der Waals surface area contributed by atoms with Gasteiger partial charge in [-0.25, -0.2) is 0 Å². The summed E-state index contributed by atoms with van der Waals surface area (Å²) < 4.78 is 0. The Morgan fingerprint density at radius 1 is 1.42 bits per heavy atom. The molecule has 1 fully saturated rings. The monoisotopic (exact) mass is 170 g/mol. The SMILES string of the molecule is CC(C)CC1CNC(=O)C(=O)N1. The molecule has 1 saturated heterocycles. The van der Waals surface area contributed by atoms with E-state index >= 15 is 0 Å². The molecule has 2 N–H and O–H groups in total. The Bertz CT molecular complexity index is 201. The Kier molecular flexibility index (Phi) is 2.68. The number of carbonyl (C=O) groups is 2. The molecule has 1 aliphatic heterocycles. The molecule has 0 aromatic rings. The first-order valence-electron chi connectivity index (χ1n) is 4.18. The van der Waals surface area contributed by atoms with Crippen LogP contribution in [0.3, 0.4) is 0 Å². The second kappa shape index (κ2) is 3.56. The third-order valence-electron chi connectivity index (χ3n) is 1.81. The van der Waals surface area contributed by atoms with Crippen molar-refractivity contribution in [3.8, 4) is 0 Å². The van der Waals surface area contributed by atoms with Gasteiger partial charge < -0.3 is 10.6 Å². The molecule has 0 saturated carbocycles. The maximum absolute atomic E-state index is 10.9. The summed E-state index contributed by atoms with van der Waals surface area (Å²) in [5.41, 5.74) is 0. The van der Waals surface area contributed by atoms with E-state index in [1.807, 2.05) is 0 Å². The van der Waals surface area contributed by atoms with Gasteiger partial charge in [0.25, 0.3) is 0 Å². The lowest BCUT2D eigenvalue weighted by Gasteiger charge is -2.24. The maximum Gasteiger partial charge on any atom is 0.309 e. The van der Waals surface area contributed by atoms with E-state index in [4.69, 9.17) is 0 Å². The first-order chi connectivity index (χ1) is 5.59. The zero-order valence-electron chi connectivity index (χ0n) is 7.39. The van der Waals surface area contributed by atoms with E-state index in [1.165, 1.54) is 0 Å². The van der Waals surface area contributed by atoms with Crippen molar-refractivity contribution in [2.24, 2.45) is 5.92 Å². The van der Waals surface area contributed by atoms with Gasteiger partial charge in [0.15, 0.2) is 0 Å². The fraction of sp³-hybridized carbons (Fsp3) is 0.750. The molecule has 0 aromatic heterocycles. The van der Waals surface area contributed by atoms with E-state index in [0.717, 1.165) is 6.42 Å². The fourth-order valence-corrected chi connectivity index (χ4v) is 1.31. The minimum absolute atomic E-state index is 0.107. The number of carbonyl (C=O) groups excluding carboxylic acids is 2. The fourth-order valence-electron chi connectivity index (χ4n) is 1.31. The van der Waals surface area contributed by atoms with Gasteiger partial charge in [-0.2, -0.15) is 0 Å². The van der Waals surface area contributed by atoms with Crippen LogP contribution in [0, 0.1) is 5.92 Å². The van der Waals surface area contributed by atoms with Crippen LogP contribution in [-0.4, -0.2) is 24.4 Å². The predicted octanol–water partition coefficient (Wildman–Crippen LogP) is -0.353. The Labute approximate surface area is 71.7 Å². The highest BCUT2D eigenvalue weighted by atomic mass is 16.2. The molecule has 2 amide bonds. The summed E-state index contributed by atoms with van der Waals surface area (Å²) in [5, 5.41) is 5.18. The smallest absolute Gasteiger partial charge is 0.309 e. The summed E-state index contributed by atoms with van der Waals surface area (Å²) >= 11 is 0. The molecule has 0 aromatic carbocycles. The molecule has 1 heterocycles. The highest BCUT2D eigenvalue weighted by Crippen LogP contribution is 2.05. The molecule has 1 unspecified atom stereocenters. The first kappa shape index (κ1) is 9.03. The second-order valence-electron chi connectivity index (χ2n) is 3.51. The van der Waals surface area contributed by atoms with Gasteiger partial charge >= 0.3 is 11.8 Å². The van der Waals surface area contributed by atoms with Crippen molar-refractivity contribution in [1.29, 1.82) is 0 Å². The van der Waals surface area contributed by atoms with E-state index in [2.05, 4.69) is 24.5 Å². The van der Waals surface area contributed by atoms with Crippen LogP contribution < -0.4 is 10.6 Å². The molecule has 0 bridgehead atoms. The van der Waals surface area contributed by atoms with Gasteiger partial charge in [-0.1, -0.05) is 13.8 Å². The van der Waals surface area contributed by atoms with Crippen molar-refractivity contribution >= 4 is 11.8 Å². The zero-order valence-corrected chi connectivity index (χ0v) is 7.39. The normalized spacial score (nSPS) is 23.8. The van der Waals surface area contributed by atoms with Crippen LogP contribution in [0.5, 0.6) is 0 Å². The Morgan fingerprint density at radius 2 is 2.08 bits per heavy atom. The van der Waals surface area contributed by atoms with E-state index in [1.54, 1.807) is 0 Å². The lowest BCUT2D eigenvalue weighted by molar-refractivity contribution is -0.141. The molecule has 0 radical (unpaired) electrons. The van der Waals surface area contributed by atoms with Crippen molar-refractivity contribution in [1.82, 2.24) is 10.6 Å². The highest BCUT2D eigenvalue weighted by Gasteiger charge is 2.24. The molecule has 68 valence electrons. The number of amides is 2. The minimum atomic E-state index is -0.519. The number of hydrogen-bond donors (Lipinski definition) is 2. The van der Waals surface area contributed by atoms with Gasteiger partial charge in [0.1, 0.15) is 0 Å². The predicted molar refractivity (Wildman–Crippen MR) is 44.4 cm³/mol. The van der Waals surface area contributed by atoms with Gasteiger partial charge in [-0.15, -0.1) is 0 Å². The molecule has 12 heavy (non-hydrogen) atoms. The highest BCUT2D eigenvalue weighted by molar-refractivity contribution is 6.35. The van der Waals surface area contributed by atoms with Crippen molar-refractivity contribution < 1.29 is 9.59 Å². The second-order valence-corrected chi connectivity index (χ2v) is 3.51. The van der Waals surface area contributed by atoms with E-state index in [9.17, 15) is 9.59 Å². The Hall–Kier alpha value is -1.06. The van der Waals surface area contributed by atoms with Gasteiger partial charge in [-0.3, -0.25) is 9.59 Å². The average Bonchev–Trinajstić information content (AvgIpc) is 1.96. The number of rotatable bonds is 2. The van der Waals surface area contributed by atoms with Gasteiger partial charge in [0.2, 0.25) is 0 Å². The van der Waals surface area contributed by atoms with Crippen LogP contribution in [-0.2, 0) is 9.59 Å². The summed E-state index contributed by atoms with van der Waals surface area (Å²) in [6.45, 7) is 4.73. The number of piperazine rings is 1. The van der Waals surface area contributed by atoms with Crippen LogP contribution in [0.4, 0.5) is 0 Å². The minimum Gasteiger partial charge on any atom is -0.346 e. The topological polar surface area (TPSA) is 58.2 Å². The lowest BCUT2D eigenvalue weighted by Crippen LogP contribution is -2.55. The quantitative estimate of drug-likeness (QED) is 0.556. The van der Waals surface area contributed by atoms with Crippen LogP contribution in [0.15, 0.2) is 0 Å². The summed E-state index contributed by atoms with van der Waals surface area (Å²) in [6.07, 6.45) is 0.909. The molecule has 0 spiro atoms. The van der Waals surface area contributed by atoms with E-state index in [0.29, 0.717) is 12.5 Å². The molecule has 0 aliphatic carbocycles. The standard InChI is InChI=1S/C8H14N2O2/c1-5(2)3-6-4-9-7(11)8(12)10-6/h5-6H,3-4H2,1-2H3,(H,9,11)(H,10,12). The molecule has 4 heteroatoms. The van der Waals surface area contributed by atoms with E-state index < -0.39 is 11.8 Å². The largest absolute Gasteiger partial charge is 0.346 e. The summed E-state index contributed by atoms with van der Waals surface area (Å²) in [6, 6.07) is 0.107. The molecular weight excluding hydrogens is 156 g/mol. The van der Waals surface area contributed by atoms with E-state index in [-0.39, 0.29) is 6.04 Å². The van der Waals surface area contributed by atoms with Crippen LogP contribution in [0.25, 0.3) is 0 Å². The van der Waals surface area contributed by atoms with Crippen molar-refractivity contribution in [2.45, 2.75) is 26.3 Å². The molecule has 4 nitrogen and oxygen atoms in total. The van der Waals surface area contributed by atoms with Crippen molar-refractivity contribution in [3.05, 3.63) is 0 Å². The molecule has 1 rings (SSSR count). The van der Waals surface area contributed by atoms with Crippen molar-refractivity contribution in [2.75, 3.05) is 6.54 Å². The van der Waals surface area contributed by atoms with Crippen molar-refractivity contribution in [3.63, 3.8) is 0 Å². The first-order valence-corrected chi connectivity index (χ1v) is 4.18. The van der Waals surface area contributed by atoms with Crippen LogP contribution >= 0.6 is 0 Å². The molecule has 1 aliphatic rings. The third-order valence-corrected chi connectivity index (χ3v) is 1.81. The zero-order chi connectivity index (χ0) is 9.14. The van der Waals surface area contributed by atoms with Gasteiger partial charge in [0, 0.05) is 12.6 Å². The Balaban J connectivity index is 2.40. The number of nitrogens with one attached hydrogen (secondary N) is 2. The summed E-state index contributed by atoms with van der Waals surface area (Å²) in [4.78, 5) is 21.6. The average molecular weight is 170 g/mol. The van der Waals surface area contributed by atoms with Gasteiger partial charge in [0.05, 0.1) is 0 Å².